The van der Waals surface area contributed by atoms with Crippen LogP contribution in [0.3, 0.4) is 0 Å². The third-order valence-electron chi connectivity index (χ3n) is 6.03. The van der Waals surface area contributed by atoms with E-state index < -0.39 is 34.4 Å². The Kier molecular flexibility index (Phi) is 7.01. The minimum Gasteiger partial charge on any atom is -0.507 e. The van der Waals surface area contributed by atoms with Crippen molar-refractivity contribution >= 4 is 29.1 Å². The van der Waals surface area contributed by atoms with Crippen LogP contribution in [-0.4, -0.2) is 46.8 Å². The smallest absolute Gasteiger partial charge is 0.337 e. The summed E-state index contributed by atoms with van der Waals surface area (Å²) in [7, 11) is 2.77. The highest BCUT2D eigenvalue weighted by Gasteiger charge is 2.46. The average Bonchev–Trinajstić information content (AvgIpc) is 3.17. The number of nitrogens with zero attached hydrogens (tertiary/aromatic N) is 2. The molecular weight excluding hydrogens is 480 g/mol. The Morgan fingerprint density at radius 1 is 1.00 bits per heavy atom. The van der Waals surface area contributed by atoms with Gasteiger partial charge in [-0.05, 0) is 35.4 Å². The topological polar surface area (TPSA) is 136 Å². The molecule has 0 aromatic heterocycles. The van der Waals surface area contributed by atoms with E-state index in [0.717, 1.165) is 6.07 Å². The van der Waals surface area contributed by atoms with Gasteiger partial charge in [-0.15, -0.1) is 0 Å². The van der Waals surface area contributed by atoms with Gasteiger partial charge in [0.25, 0.3) is 17.4 Å². The van der Waals surface area contributed by atoms with Crippen LogP contribution in [0.25, 0.3) is 5.76 Å². The summed E-state index contributed by atoms with van der Waals surface area (Å²) in [6.45, 7) is -0.00552. The second-order valence-corrected chi connectivity index (χ2v) is 8.20. The third kappa shape index (κ3) is 4.90. The Labute approximate surface area is 211 Å². The van der Waals surface area contributed by atoms with E-state index in [2.05, 4.69) is 0 Å². The van der Waals surface area contributed by atoms with Crippen molar-refractivity contribution in [1.29, 1.82) is 0 Å². The highest BCUT2D eigenvalue weighted by Crippen LogP contribution is 2.41. The summed E-state index contributed by atoms with van der Waals surface area (Å²) in [6.07, 6.45) is 0. The molecule has 1 unspecified atom stereocenters. The van der Waals surface area contributed by atoms with E-state index in [1.165, 1.54) is 37.3 Å². The quantitative estimate of drug-likeness (QED) is 0.128. The molecular formula is C27H22N2O8. The number of Topliss-reactive ketones (excluding diaryl/α,β-unsaturated/α-hetero) is 1. The lowest BCUT2D eigenvalue weighted by molar-refractivity contribution is -0.384. The van der Waals surface area contributed by atoms with Gasteiger partial charge in [0, 0.05) is 24.2 Å². The molecule has 188 valence electrons. The number of amides is 1. The number of nitro benzene ring substituents is 1. The van der Waals surface area contributed by atoms with E-state index in [1.54, 1.807) is 48.5 Å². The number of esters is 1. The molecule has 1 N–H and O–H groups in total. The van der Waals surface area contributed by atoms with Crippen molar-refractivity contribution < 1.29 is 33.9 Å². The lowest BCUT2D eigenvalue weighted by Gasteiger charge is -2.25. The first-order valence-corrected chi connectivity index (χ1v) is 11.1. The number of carbonyl (C=O) groups excluding carboxylic acids is 3. The number of carbonyl (C=O) groups is 3. The maximum absolute atomic E-state index is 13.2. The van der Waals surface area contributed by atoms with Gasteiger partial charge in [0.15, 0.2) is 0 Å². The zero-order valence-electron chi connectivity index (χ0n) is 19.9. The van der Waals surface area contributed by atoms with E-state index in [0.29, 0.717) is 22.4 Å². The molecule has 0 bridgehead atoms. The van der Waals surface area contributed by atoms with Gasteiger partial charge in [-0.2, -0.15) is 0 Å². The van der Waals surface area contributed by atoms with E-state index in [-0.39, 0.29) is 23.4 Å². The van der Waals surface area contributed by atoms with Gasteiger partial charge < -0.3 is 19.5 Å². The molecule has 0 radical (unpaired) electrons. The van der Waals surface area contributed by atoms with Crippen molar-refractivity contribution in [1.82, 2.24) is 4.90 Å². The summed E-state index contributed by atoms with van der Waals surface area (Å²) in [5.74, 6) is -2.24. The van der Waals surface area contributed by atoms with Crippen LogP contribution >= 0.6 is 0 Å². The number of nitro groups is 1. The molecule has 1 heterocycles. The fourth-order valence-corrected chi connectivity index (χ4v) is 4.16. The normalized spacial score (nSPS) is 16.5. The fraction of sp³-hybridized carbons (Fsp3) is 0.148. The standard InChI is InChI=1S/C27H22N2O8/c1-36-21-12-10-17(11-13-21)23-22(24(30)19-4-3-5-20(14-19)29(34)35)25(31)26(32)28(23)15-16-6-8-18(9-7-16)27(33)37-2/h3-14,23,30H,15H2,1-2H3/b24-22-. The number of benzene rings is 3. The Bertz CT molecular complexity index is 1410. The number of likely N-dealkylation sites (tertiary alicyclic amines) is 1. The van der Waals surface area contributed by atoms with Crippen molar-refractivity contribution in [3.05, 3.63) is 111 Å². The van der Waals surface area contributed by atoms with Gasteiger partial charge >= 0.3 is 5.97 Å². The highest BCUT2D eigenvalue weighted by atomic mass is 16.6. The largest absolute Gasteiger partial charge is 0.507 e. The summed E-state index contributed by atoms with van der Waals surface area (Å²) in [6, 6.07) is 17.2. The second-order valence-electron chi connectivity index (χ2n) is 8.20. The number of ether oxygens (including phenoxy) is 2. The van der Waals surface area contributed by atoms with Crippen molar-refractivity contribution in [2.24, 2.45) is 0 Å². The molecule has 0 aliphatic carbocycles. The number of non-ortho nitro benzene ring substituents is 1. The molecule has 3 aromatic rings. The zero-order valence-corrected chi connectivity index (χ0v) is 19.9. The number of hydrogen-bond donors (Lipinski definition) is 1. The molecule has 1 fully saturated rings. The molecule has 1 aliphatic heterocycles. The van der Waals surface area contributed by atoms with Crippen LogP contribution in [0.5, 0.6) is 5.75 Å². The summed E-state index contributed by atoms with van der Waals surface area (Å²) in [5.41, 5.74) is 1.05. The van der Waals surface area contributed by atoms with Crippen molar-refractivity contribution in [2.45, 2.75) is 12.6 Å². The number of ketones is 1. The molecule has 1 amide bonds. The number of rotatable bonds is 7. The van der Waals surface area contributed by atoms with Crippen LogP contribution in [0.1, 0.15) is 33.1 Å². The van der Waals surface area contributed by atoms with Crippen LogP contribution in [0.4, 0.5) is 5.69 Å². The molecule has 0 spiro atoms. The lowest BCUT2D eigenvalue weighted by atomic mass is 9.95. The number of methoxy groups -OCH3 is 2. The molecule has 4 rings (SSSR count). The van der Waals surface area contributed by atoms with Gasteiger partial charge in [-0.3, -0.25) is 19.7 Å². The second kappa shape index (κ2) is 10.3. The summed E-state index contributed by atoms with van der Waals surface area (Å²) >= 11 is 0. The van der Waals surface area contributed by atoms with Gasteiger partial charge in [-0.25, -0.2) is 4.79 Å². The van der Waals surface area contributed by atoms with Gasteiger partial charge in [0.1, 0.15) is 11.5 Å². The summed E-state index contributed by atoms with van der Waals surface area (Å²) in [4.78, 5) is 50.1. The molecule has 1 atom stereocenters. The maximum Gasteiger partial charge on any atom is 0.337 e. The lowest BCUT2D eigenvalue weighted by Crippen LogP contribution is -2.29. The number of aliphatic hydroxyl groups excluding tert-OH is 1. The van der Waals surface area contributed by atoms with Crippen LogP contribution in [0, 0.1) is 10.1 Å². The van der Waals surface area contributed by atoms with E-state index in [9.17, 15) is 29.6 Å². The minimum atomic E-state index is -0.981. The number of hydrogen-bond acceptors (Lipinski definition) is 8. The van der Waals surface area contributed by atoms with Gasteiger partial charge in [0.05, 0.1) is 36.3 Å². The fourth-order valence-electron chi connectivity index (χ4n) is 4.16. The van der Waals surface area contributed by atoms with E-state index in [1.807, 2.05) is 0 Å². The van der Waals surface area contributed by atoms with Crippen molar-refractivity contribution in [3.8, 4) is 5.75 Å². The maximum atomic E-state index is 13.2. The van der Waals surface area contributed by atoms with Crippen LogP contribution in [-0.2, 0) is 20.9 Å². The van der Waals surface area contributed by atoms with Crippen LogP contribution in [0.15, 0.2) is 78.4 Å². The molecule has 37 heavy (non-hydrogen) atoms. The molecule has 1 saturated heterocycles. The summed E-state index contributed by atoms with van der Waals surface area (Å²) < 4.78 is 9.91. The van der Waals surface area contributed by atoms with E-state index in [4.69, 9.17) is 9.47 Å². The zero-order chi connectivity index (χ0) is 26.7. The first-order valence-electron chi connectivity index (χ1n) is 11.1. The Morgan fingerprint density at radius 2 is 1.68 bits per heavy atom. The van der Waals surface area contributed by atoms with Crippen molar-refractivity contribution in [2.75, 3.05) is 14.2 Å². The Hall–Kier alpha value is -4.99. The molecule has 3 aromatic carbocycles. The average molecular weight is 502 g/mol. The first-order chi connectivity index (χ1) is 17.7. The minimum absolute atomic E-state index is 0.00552. The molecule has 1 aliphatic rings. The Balaban J connectivity index is 1.81. The molecule has 0 saturated carbocycles. The Morgan fingerprint density at radius 3 is 2.27 bits per heavy atom. The predicted molar refractivity (Wildman–Crippen MR) is 132 cm³/mol. The van der Waals surface area contributed by atoms with Gasteiger partial charge in [0.2, 0.25) is 0 Å². The summed E-state index contributed by atoms with van der Waals surface area (Å²) in [5, 5.41) is 22.4. The van der Waals surface area contributed by atoms with Gasteiger partial charge in [-0.1, -0.05) is 36.4 Å². The SMILES string of the molecule is COC(=O)c1ccc(CN2C(=O)C(=O)/C(=C(\O)c3cccc([N+](=O)[O-])c3)C2c2ccc(OC)cc2)cc1. The monoisotopic (exact) mass is 502 g/mol. The van der Waals surface area contributed by atoms with E-state index >= 15 is 0 Å². The number of aliphatic hydroxyl groups is 1. The predicted octanol–water partition coefficient (Wildman–Crippen LogP) is 4.01. The van der Waals surface area contributed by atoms with Crippen LogP contribution < -0.4 is 4.74 Å². The van der Waals surface area contributed by atoms with Crippen LogP contribution in [0.2, 0.25) is 0 Å². The highest BCUT2D eigenvalue weighted by molar-refractivity contribution is 6.46. The van der Waals surface area contributed by atoms with Crippen molar-refractivity contribution in [3.63, 3.8) is 0 Å². The first kappa shape index (κ1) is 25.1. The molecule has 10 heteroatoms. The third-order valence-corrected chi connectivity index (χ3v) is 6.03. The molecule has 10 nitrogen and oxygen atoms in total.